The molecule has 0 aromatic carbocycles. The van der Waals surface area contributed by atoms with Crippen molar-refractivity contribution in [2.24, 2.45) is 0 Å². The van der Waals surface area contributed by atoms with Gasteiger partial charge in [-0.15, -0.1) is 0 Å². The van der Waals surface area contributed by atoms with Gasteiger partial charge in [-0.1, -0.05) is 44.9 Å². The molecule has 27 heavy (non-hydrogen) atoms. The first-order valence-corrected chi connectivity index (χ1v) is 10.0. The molecular weight excluding hydrogens is 350 g/mol. The Balaban J connectivity index is 3.71. The summed E-state index contributed by atoms with van der Waals surface area (Å²) >= 11 is 0. The van der Waals surface area contributed by atoms with Gasteiger partial charge in [0.15, 0.2) is 6.10 Å². The van der Waals surface area contributed by atoms with E-state index in [0.29, 0.717) is 17.4 Å². The van der Waals surface area contributed by atoms with Gasteiger partial charge in [0.25, 0.3) is 0 Å². The van der Waals surface area contributed by atoms with Crippen LogP contribution in [-0.2, 0) is 19.1 Å². The van der Waals surface area contributed by atoms with Crippen molar-refractivity contribution < 1.29 is 33.8 Å². The number of carbonyl (C=O) groups is 3. The van der Waals surface area contributed by atoms with E-state index in [1.54, 1.807) is 0 Å². The maximum Gasteiger partial charge on any atom is 0.307 e. The zero-order chi connectivity index (χ0) is 20.7. The SMILES string of the molecule is C[N+](C)(C)C[C@@H](CC(=O)O)OC(=O)CCCCCCCCCCCC(=O)O. The highest BCUT2D eigenvalue weighted by Gasteiger charge is 2.24. The number of unbranched alkanes of at least 4 members (excludes halogenated alkanes) is 8. The number of carboxylic acids is 2. The number of hydrogen-bond donors (Lipinski definition) is 2. The Morgan fingerprint density at radius 1 is 0.741 bits per heavy atom. The van der Waals surface area contributed by atoms with Gasteiger partial charge in [0.2, 0.25) is 0 Å². The van der Waals surface area contributed by atoms with Gasteiger partial charge in [-0.2, -0.15) is 0 Å². The molecule has 0 bridgehead atoms. The van der Waals surface area contributed by atoms with Crippen LogP contribution >= 0.6 is 0 Å². The first-order chi connectivity index (χ1) is 12.6. The summed E-state index contributed by atoms with van der Waals surface area (Å²) in [5, 5.41) is 17.5. The molecule has 0 spiro atoms. The third-order valence-electron chi connectivity index (χ3n) is 4.22. The van der Waals surface area contributed by atoms with Gasteiger partial charge in [-0.3, -0.25) is 14.4 Å². The third-order valence-corrected chi connectivity index (χ3v) is 4.22. The fourth-order valence-electron chi connectivity index (χ4n) is 2.98. The first kappa shape index (κ1) is 25.4. The highest BCUT2D eigenvalue weighted by molar-refractivity contribution is 5.71. The minimum absolute atomic E-state index is 0.159. The van der Waals surface area contributed by atoms with Crippen molar-refractivity contribution in [2.45, 2.75) is 83.2 Å². The zero-order valence-corrected chi connectivity index (χ0v) is 17.2. The lowest BCUT2D eigenvalue weighted by molar-refractivity contribution is -0.873. The fraction of sp³-hybridized carbons (Fsp3) is 0.850. The van der Waals surface area contributed by atoms with Crippen molar-refractivity contribution in [3.8, 4) is 0 Å². The van der Waals surface area contributed by atoms with Gasteiger partial charge in [0.1, 0.15) is 6.54 Å². The smallest absolute Gasteiger partial charge is 0.307 e. The predicted octanol–water partition coefficient (Wildman–Crippen LogP) is 3.45. The van der Waals surface area contributed by atoms with Gasteiger partial charge in [-0.05, 0) is 12.8 Å². The van der Waals surface area contributed by atoms with Crippen LogP contribution in [0.3, 0.4) is 0 Å². The number of hydrogen-bond acceptors (Lipinski definition) is 4. The van der Waals surface area contributed by atoms with Gasteiger partial charge in [0, 0.05) is 12.8 Å². The summed E-state index contributed by atoms with van der Waals surface area (Å²) in [4.78, 5) is 33.3. The van der Waals surface area contributed by atoms with E-state index in [1.165, 1.54) is 0 Å². The van der Waals surface area contributed by atoms with Crippen molar-refractivity contribution >= 4 is 17.9 Å². The molecule has 0 radical (unpaired) electrons. The topological polar surface area (TPSA) is 101 Å². The number of rotatable bonds is 17. The number of nitrogens with zero attached hydrogens (tertiary/aromatic N) is 1. The van der Waals surface area contributed by atoms with Gasteiger partial charge >= 0.3 is 17.9 Å². The molecule has 0 unspecified atom stereocenters. The van der Waals surface area contributed by atoms with E-state index in [2.05, 4.69) is 0 Å². The van der Waals surface area contributed by atoms with Crippen molar-refractivity contribution in [3.05, 3.63) is 0 Å². The molecule has 0 aliphatic rings. The quantitative estimate of drug-likeness (QED) is 0.225. The maximum absolute atomic E-state index is 11.9. The lowest BCUT2D eigenvalue weighted by Crippen LogP contribution is -2.43. The number of likely N-dealkylation sites (N-methyl/N-ethyl adjacent to an activating group) is 1. The van der Waals surface area contributed by atoms with Crippen LogP contribution < -0.4 is 0 Å². The van der Waals surface area contributed by atoms with E-state index in [-0.39, 0.29) is 18.8 Å². The Morgan fingerprint density at radius 2 is 1.19 bits per heavy atom. The van der Waals surface area contributed by atoms with E-state index >= 15 is 0 Å². The number of ether oxygens (including phenoxy) is 1. The minimum Gasteiger partial charge on any atom is -0.481 e. The van der Waals surface area contributed by atoms with E-state index < -0.39 is 18.0 Å². The summed E-state index contributed by atoms with van der Waals surface area (Å²) in [5.41, 5.74) is 0. The summed E-state index contributed by atoms with van der Waals surface area (Å²) in [6.45, 7) is 0.477. The fourth-order valence-corrected chi connectivity index (χ4v) is 2.98. The molecule has 0 aromatic rings. The van der Waals surface area contributed by atoms with Crippen LogP contribution in [0.5, 0.6) is 0 Å². The standard InChI is InChI=1S/C20H37NO6/c1-21(2,3)16-17(15-19(24)25)27-20(26)14-12-10-8-6-4-5-7-9-11-13-18(22)23/h17H,4-16H2,1-3H3,(H-,22,23,24,25)/p+1/t17-/m1/s1. The predicted molar refractivity (Wildman–Crippen MR) is 103 cm³/mol. The molecule has 7 heteroatoms. The first-order valence-electron chi connectivity index (χ1n) is 10.0. The molecule has 0 aliphatic carbocycles. The lowest BCUT2D eigenvalue weighted by atomic mass is 10.1. The third kappa shape index (κ3) is 18.9. The summed E-state index contributed by atoms with van der Waals surface area (Å²) in [7, 11) is 5.82. The van der Waals surface area contributed by atoms with Crippen LogP contribution in [0.2, 0.25) is 0 Å². The molecule has 7 nitrogen and oxygen atoms in total. The summed E-state index contributed by atoms with van der Waals surface area (Å²) < 4.78 is 5.90. The molecule has 1 atom stereocenters. The minimum atomic E-state index is -0.954. The molecule has 0 aromatic heterocycles. The molecule has 0 amide bonds. The molecule has 0 aliphatic heterocycles. The average Bonchev–Trinajstić information content (AvgIpc) is 2.49. The van der Waals surface area contributed by atoms with Crippen LogP contribution in [0.4, 0.5) is 0 Å². The van der Waals surface area contributed by atoms with Crippen molar-refractivity contribution in [1.82, 2.24) is 0 Å². The van der Waals surface area contributed by atoms with Gasteiger partial charge in [-0.25, -0.2) is 0 Å². The van der Waals surface area contributed by atoms with Crippen LogP contribution in [0.25, 0.3) is 0 Å². The van der Waals surface area contributed by atoms with Crippen LogP contribution in [0.15, 0.2) is 0 Å². The maximum atomic E-state index is 11.9. The molecule has 2 N–H and O–H groups in total. The second-order valence-corrected chi connectivity index (χ2v) is 8.26. The Labute approximate surface area is 163 Å². The Bertz CT molecular complexity index is 444. The molecule has 0 rings (SSSR count). The molecular formula is C20H38NO6+. The molecule has 0 heterocycles. The van der Waals surface area contributed by atoms with E-state index in [0.717, 1.165) is 57.8 Å². The van der Waals surface area contributed by atoms with Gasteiger partial charge in [0.05, 0.1) is 27.6 Å². The Morgan fingerprint density at radius 3 is 1.59 bits per heavy atom. The number of aliphatic carboxylic acids is 2. The number of carboxylic acid groups (broad SMARTS) is 2. The summed E-state index contributed by atoms with van der Waals surface area (Å²) in [5.74, 6) is -1.99. The Kier molecular flexibility index (Phi) is 13.6. The highest BCUT2D eigenvalue weighted by Crippen LogP contribution is 2.13. The average molecular weight is 389 g/mol. The van der Waals surface area contributed by atoms with E-state index in [9.17, 15) is 14.4 Å². The van der Waals surface area contributed by atoms with Crippen LogP contribution in [0.1, 0.15) is 77.0 Å². The summed E-state index contributed by atoms with van der Waals surface area (Å²) in [6, 6.07) is 0. The normalized spacial score (nSPS) is 12.6. The molecule has 0 fully saturated rings. The van der Waals surface area contributed by atoms with Crippen molar-refractivity contribution in [1.29, 1.82) is 0 Å². The highest BCUT2D eigenvalue weighted by atomic mass is 16.5. The zero-order valence-electron chi connectivity index (χ0n) is 17.2. The molecule has 0 saturated carbocycles. The van der Waals surface area contributed by atoms with E-state index in [1.807, 2.05) is 21.1 Å². The number of carbonyl (C=O) groups excluding carboxylic acids is 1. The number of esters is 1. The van der Waals surface area contributed by atoms with Gasteiger partial charge < -0.3 is 19.4 Å². The van der Waals surface area contributed by atoms with Crippen molar-refractivity contribution in [3.63, 3.8) is 0 Å². The van der Waals surface area contributed by atoms with Crippen LogP contribution in [-0.4, -0.2) is 66.4 Å². The molecule has 0 saturated heterocycles. The summed E-state index contributed by atoms with van der Waals surface area (Å²) in [6.07, 6.45) is 8.86. The Hall–Kier alpha value is -1.63. The monoisotopic (exact) mass is 388 g/mol. The van der Waals surface area contributed by atoms with Crippen molar-refractivity contribution in [2.75, 3.05) is 27.7 Å². The number of quaternary nitrogens is 1. The second kappa shape index (κ2) is 14.4. The largest absolute Gasteiger partial charge is 0.481 e. The lowest BCUT2D eigenvalue weighted by Gasteiger charge is -2.28. The molecule has 158 valence electrons. The van der Waals surface area contributed by atoms with E-state index in [4.69, 9.17) is 14.9 Å². The van der Waals surface area contributed by atoms with Crippen LogP contribution in [0, 0.1) is 0 Å². The second-order valence-electron chi connectivity index (χ2n) is 8.26.